The molecule has 0 aliphatic heterocycles. The molecule has 0 bridgehead atoms. The van der Waals surface area contributed by atoms with E-state index in [4.69, 9.17) is 9.84 Å². The van der Waals surface area contributed by atoms with Gasteiger partial charge < -0.3 is 14.0 Å². The van der Waals surface area contributed by atoms with Gasteiger partial charge in [0, 0.05) is 16.5 Å². The molecule has 0 saturated heterocycles. The fraction of sp³-hybridized carbons (Fsp3) is 0.409. The van der Waals surface area contributed by atoms with Gasteiger partial charge in [-0.25, -0.2) is 4.39 Å². The predicted octanol–water partition coefficient (Wildman–Crippen LogP) is 5.04. The van der Waals surface area contributed by atoms with Crippen molar-refractivity contribution in [1.82, 2.24) is 0 Å². The molecule has 11 heteroatoms. The zero-order valence-corrected chi connectivity index (χ0v) is 19.7. The second-order valence-corrected chi connectivity index (χ2v) is 9.47. The van der Waals surface area contributed by atoms with E-state index in [0.29, 0.717) is 0 Å². The summed E-state index contributed by atoms with van der Waals surface area (Å²) in [5.74, 6) is -2.42. The Kier molecular flexibility index (Phi) is 9.04. The molecule has 0 atom stereocenters. The van der Waals surface area contributed by atoms with Crippen LogP contribution in [0, 0.1) is 12.7 Å². The Hall–Kier alpha value is -2.66. The number of aryl methyl sites for hydroxylation is 1. The zero-order valence-electron chi connectivity index (χ0n) is 18.8. The van der Waals surface area contributed by atoms with Gasteiger partial charge in [-0.05, 0) is 57.7 Å². The largest absolute Gasteiger partial charge is 0.534 e. The van der Waals surface area contributed by atoms with E-state index < -0.39 is 45.2 Å². The van der Waals surface area contributed by atoms with Crippen LogP contribution in [0.1, 0.15) is 44.4 Å². The smallest absolute Gasteiger partial charge is 0.466 e. The Morgan fingerprint density at radius 1 is 1.18 bits per heavy atom. The number of hydrogen-bond acceptors (Lipinski definition) is 6. The Labute approximate surface area is 189 Å². The highest BCUT2D eigenvalue weighted by atomic mass is 32.2. The van der Waals surface area contributed by atoms with Crippen LogP contribution in [-0.4, -0.2) is 37.2 Å². The van der Waals surface area contributed by atoms with E-state index in [1.54, 1.807) is 20.8 Å². The van der Waals surface area contributed by atoms with Crippen molar-refractivity contribution in [3.63, 3.8) is 0 Å². The first kappa shape index (κ1) is 28.4. The molecular formula is C22H26F4O6S. The van der Waals surface area contributed by atoms with Gasteiger partial charge in [0.1, 0.15) is 5.82 Å². The molecule has 0 saturated carbocycles. The number of benzene rings is 2. The molecule has 0 aromatic heterocycles. The topological polar surface area (TPSA) is 89.9 Å². The van der Waals surface area contributed by atoms with Crippen molar-refractivity contribution in [2.45, 2.75) is 52.1 Å². The Bertz CT molecular complexity index is 1130. The van der Waals surface area contributed by atoms with E-state index in [9.17, 15) is 30.8 Å². The Morgan fingerprint density at radius 2 is 1.73 bits per heavy atom. The van der Waals surface area contributed by atoms with Gasteiger partial charge in [0.2, 0.25) is 0 Å². The maximum Gasteiger partial charge on any atom is 0.534 e. The number of hydrogen-bond donors (Lipinski definition) is 1. The molecular weight excluding hydrogens is 468 g/mol. The number of alkyl halides is 3. The second kappa shape index (κ2) is 10.5. The molecule has 0 unspecified atom stereocenters. The fourth-order valence-corrected chi connectivity index (χ4v) is 3.07. The first-order chi connectivity index (χ1) is 14.9. The van der Waals surface area contributed by atoms with Gasteiger partial charge in [0.15, 0.2) is 5.75 Å². The van der Waals surface area contributed by atoms with Crippen LogP contribution in [0.2, 0.25) is 0 Å². The minimum Gasteiger partial charge on any atom is -0.466 e. The standard InChI is InChI=1S/C18H16F4O5S.C4H10O/c1-4-11-7-12-6-10(3)13(9-16(23)26-5-2)17(14(12)8-15(11)19)27-28(24,25)18(20,21)22;1-4(2,3)5/h4,6-8H,1,5,9H2,2-3H3;5H,1-3H3. The third-order valence-electron chi connectivity index (χ3n) is 3.86. The van der Waals surface area contributed by atoms with Crippen LogP contribution in [0.15, 0.2) is 24.8 Å². The van der Waals surface area contributed by atoms with Crippen LogP contribution >= 0.6 is 0 Å². The number of rotatable bonds is 6. The molecule has 2 rings (SSSR count). The lowest BCUT2D eigenvalue weighted by Crippen LogP contribution is -2.28. The minimum absolute atomic E-state index is 0.0137. The first-order valence-electron chi connectivity index (χ1n) is 9.68. The summed E-state index contributed by atoms with van der Waals surface area (Å²) in [5.41, 5.74) is -6.02. The molecule has 184 valence electrons. The Balaban J connectivity index is 0.000000981. The number of fused-ring (bicyclic) bond motifs is 1. The molecule has 1 N–H and O–H groups in total. The molecule has 6 nitrogen and oxygen atoms in total. The van der Waals surface area contributed by atoms with Gasteiger partial charge in [-0.3, -0.25) is 4.79 Å². The zero-order chi connectivity index (χ0) is 25.8. The van der Waals surface area contributed by atoms with Crippen molar-refractivity contribution in [3.8, 4) is 5.75 Å². The van der Waals surface area contributed by atoms with Gasteiger partial charge >= 0.3 is 21.6 Å². The Morgan fingerprint density at radius 3 is 2.18 bits per heavy atom. The van der Waals surface area contributed by atoms with E-state index in [1.165, 1.54) is 32.1 Å². The lowest BCUT2D eigenvalue weighted by atomic mass is 9.96. The normalized spacial score (nSPS) is 12.1. The van der Waals surface area contributed by atoms with Gasteiger partial charge in [-0.1, -0.05) is 18.7 Å². The van der Waals surface area contributed by atoms with Crippen LogP contribution < -0.4 is 4.18 Å². The van der Waals surface area contributed by atoms with Gasteiger partial charge in [0.25, 0.3) is 0 Å². The maximum atomic E-state index is 14.2. The average molecular weight is 495 g/mol. The molecule has 0 radical (unpaired) electrons. The van der Waals surface area contributed by atoms with E-state index >= 15 is 0 Å². The molecule has 0 spiro atoms. The van der Waals surface area contributed by atoms with Gasteiger partial charge in [0.05, 0.1) is 18.6 Å². The second-order valence-electron chi connectivity index (χ2n) is 7.94. The molecule has 0 heterocycles. The number of esters is 1. The lowest BCUT2D eigenvalue weighted by molar-refractivity contribution is -0.142. The summed E-state index contributed by atoms with van der Waals surface area (Å²) in [5, 5.41) is 8.50. The van der Waals surface area contributed by atoms with Crippen LogP contribution in [0.5, 0.6) is 5.75 Å². The quantitative estimate of drug-likeness (QED) is 0.262. The van der Waals surface area contributed by atoms with Crippen LogP contribution in [0.4, 0.5) is 17.6 Å². The van der Waals surface area contributed by atoms with Crippen molar-refractivity contribution in [1.29, 1.82) is 0 Å². The minimum atomic E-state index is -6.05. The summed E-state index contributed by atoms with van der Waals surface area (Å²) in [6.45, 7) is 11.7. The highest BCUT2D eigenvalue weighted by Crippen LogP contribution is 2.38. The number of carbonyl (C=O) groups is 1. The lowest BCUT2D eigenvalue weighted by Gasteiger charge is -2.18. The molecule has 2 aromatic rings. The number of aliphatic hydroxyl groups is 1. The van der Waals surface area contributed by atoms with Crippen molar-refractivity contribution in [2.75, 3.05) is 6.61 Å². The van der Waals surface area contributed by atoms with Gasteiger partial charge in [-0.2, -0.15) is 21.6 Å². The SMILES string of the molecule is C=Cc1cc2cc(C)c(CC(=O)OCC)c(OS(=O)(=O)C(F)(F)F)c2cc1F.CC(C)(C)O. The summed E-state index contributed by atoms with van der Waals surface area (Å²) in [6.07, 6.45) is 0.646. The van der Waals surface area contributed by atoms with Crippen molar-refractivity contribution in [2.24, 2.45) is 0 Å². The van der Waals surface area contributed by atoms with Crippen LogP contribution in [-0.2, 0) is 26.1 Å². The third-order valence-corrected chi connectivity index (χ3v) is 4.81. The summed E-state index contributed by atoms with van der Waals surface area (Å²) in [7, 11) is -6.05. The highest BCUT2D eigenvalue weighted by molar-refractivity contribution is 7.88. The molecule has 2 aromatic carbocycles. The average Bonchev–Trinajstić information content (AvgIpc) is 2.62. The summed E-state index contributed by atoms with van der Waals surface area (Å²) in [4.78, 5) is 11.8. The monoisotopic (exact) mass is 494 g/mol. The molecule has 0 aliphatic carbocycles. The van der Waals surface area contributed by atoms with E-state index in [-0.39, 0.29) is 34.1 Å². The molecule has 0 fully saturated rings. The summed E-state index contributed by atoms with van der Waals surface area (Å²) in [6, 6.07) is 3.59. The highest BCUT2D eigenvalue weighted by Gasteiger charge is 2.49. The van der Waals surface area contributed by atoms with Crippen molar-refractivity contribution in [3.05, 3.63) is 47.3 Å². The van der Waals surface area contributed by atoms with Crippen LogP contribution in [0.25, 0.3) is 16.8 Å². The summed E-state index contributed by atoms with van der Waals surface area (Å²) >= 11 is 0. The van der Waals surface area contributed by atoms with Gasteiger partial charge in [-0.15, -0.1) is 0 Å². The first-order valence-corrected chi connectivity index (χ1v) is 11.1. The molecule has 0 aliphatic rings. The van der Waals surface area contributed by atoms with E-state index in [0.717, 1.165) is 6.07 Å². The van der Waals surface area contributed by atoms with Crippen molar-refractivity contribution >= 4 is 32.9 Å². The van der Waals surface area contributed by atoms with Crippen LogP contribution in [0.3, 0.4) is 0 Å². The predicted molar refractivity (Wildman–Crippen MR) is 117 cm³/mol. The van der Waals surface area contributed by atoms with E-state index in [1.807, 2.05) is 0 Å². The summed E-state index contributed by atoms with van der Waals surface area (Å²) < 4.78 is 85.0. The van der Waals surface area contributed by atoms with E-state index in [2.05, 4.69) is 10.8 Å². The number of halogens is 4. The number of carbonyl (C=O) groups excluding carboxylic acids is 1. The maximum absolute atomic E-state index is 14.2. The fourth-order valence-electron chi connectivity index (χ4n) is 2.57. The number of ether oxygens (including phenoxy) is 1. The van der Waals surface area contributed by atoms with Crippen molar-refractivity contribution < 1.29 is 44.8 Å². The molecule has 33 heavy (non-hydrogen) atoms. The molecule has 0 amide bonds. The third kappa shape index (κ3) is 8.01.